The number of ether oxygens (including phenoxy) is 2. The highest BCUT2D eigenvalue weighted by Gasteiger charge is 2.40. The molecule has 2 aliphatic heterocycles. The maximum atomic E-state index is 13.2. The number of aromatic nitrogens is 2. The molecule has 2 aromatic heterocycles. The second-order valence-electron chi connectivity index (χ2n) is 8.82. The molecule has 0 saturated heterocycles. The number of hydrogen-bond acceptors (Lipinski definition) is 5. The third-order valence-electron chi connectivity index (χ3n) is 6.76. The van der Waals surface area contributed by atoms with Crippen LogP contribution in [0.15, 0.2) is 54.7 Å². The van der Waals surface area contributed by atoms with Crippen LogP contribution in [-0.2, 0) is 43.9 Å². The number of fused-ring (bicyclic) bond motifs is 4. The molecule has 0 saturated carbocycles. The van der Waals surface area contributed by atoms with E-state index in [0.717, 1.165) is 33.1 Å². The van der Waals surface area contributed by atoms with Gasteiger partial charge in [0.1, 0.15) is 6.10 Å². The second kappa shape index (κ2) is 7.45. The number of carbonyl (C=O) groups is 3. The molecule has 6 rings (SSSR count). The van der Waals surface area contributed by atoms with Gasteiger partial charge in [0.2, 0.25) is 0 Å². The van der Waals surface area contributed by atoms with E-state index in [4.69, 9.17) is 9.47 Å². The largest absolute Gasteiger partial charge is 0.461 e. The quantitative estimate of drug-likeness (QED) is 0.345. The van der Waals surface area contributed by atoms with Crippen molar-refractivity contribution in [1.29, 1.82) is 0 Å². The summed E-state index contributed by atoms with van der Waals surface area (Å²) in [6.07, 6.45) is 2.89. The van der Waals surface area contributed by atoms with Gasteiger partial charge in [-0.1, -0.05) is 36.4 Å². The normalized spacial score (nSPS) is 18.0. The Morgan fingerprint density at radius 2 is 1.65 bits per heavy atom. The minimum Gasteiger partial charge on any atom is -0.461 e. The number of nitrogens with zero attached hydrogens (tertiary/aromatic N) is 2. The zero-order valence-corrected chi connectivity index (χ0v) is 18.8. The molecule has 0 spiro atoms. The molecule has 34 heavy (non-hydrogen) atoms. The lowest BCUT2D eigenvalue weighted by molar-refractivity contribution is -0.149. The number of rotatable bonds is 3. The summed E-state index contributed by atoms with van der Waals surface area (Å²) in [5.41, 5.74) is 4.85. The first kappa shape index (κ1) is 20.5. The van der Waals surface area contributed by atoms with Crippen LogP contribution in [0.5, 0.6) is 0 Å². The van der Waals surface area contributed by atoms with E-state index in [0.29, 0.717) is 36.1 Å². The van der Waals surface area contributed by atoms with Crippen LogP contribution in [-0.4, -0.2) is 33.1 Å². The summed E-state index contributed by atoms with van der Waals surface area (Å²) in [6.45, 7) is 1.91. The van der Waals surface area contributed by atoms with E-state index in [1.807, 2.05) is 66.3 Å². The van der Waals surface area contributed by atoms with E-state index in [1.54, 1.807) is 0 Å². The molecule has 0 radical (unpaired) electrons. The van der Waals surface area contributed by atoms with Gasteiger partial charge in [0, 0.05) is 58.8 Å². The average molecular weight is 454 g/mol. The maximum Gasteiger partial charge on any atom is 0.347 e. The fourth-order valence-electron chi connectivity index (χ4n) is 5.43. The van der Waals surface area contributed by atoms with Crippen molar-refractivity contribution >= 4 is 50.9 Å². The van der Waals surface area contributed by atoms with Crippen LogP contribution in [0, 0.1) is 0 Å². The number of esters is 3. The minimum atomic E-state index is -0.631. The van der Waals surface area contributed by atoms with Crippen molar-refractivity contribution in [2.45, 2.75) is 32.4 Å². The van der Waals surface area contributed by atoms with Crippen molar-refractivity contribution in [3.8, 4) is 0 Å². The molecule has 0 amide bonds. The fraction of sp³-hybridized carbons (Fsp3) is 0.222. The minimum absolute atomic E-state index is 0.239. The van der Waals surface area contributed by atoms with Crippen molar-refractivity contribution < 1.29 is 23.9 Å². The molecule has 0 bridgehead atoms. The SMILES string of the molecule is CC(=O)OC1CCc2c(C3=C(c4cn(C)c5ccccc45)C(=O)OC3=O)c3ccccc3n2C1. The summed E-state index contributed by atoms with van der Waals surface area (Å²) >= 11 is 0. The van der Waals surface area contributed by atoms with E-state index in [2.05, 4.69) is 4.57 Å². The molecule has 7 heteroatoms. The van der Waals surface area contributed by atoms with Gasteiger partial charge in [0.15, 0.2) is 0 Å². The van der Waals surface area contributed by atoms with Gasteiger partial charge in [-0.2, -0.15) is 0 Å². The lowest BCUT2D eigenvalue weighted by atomic mass is 9.92. The molecule has 1 unspecified atom stereocenters. The van der Waals surface area contributed by atoms with Gasteiger partial charge in [0.05, 0.1) is 17.7 Å². The fourth-order valence-corrected chi connectivity index (χ4v) is 5.43. The summed E-state index contributed by atoms with van der Waals surface area (Å²) in [5.74, 6) is -1.57. The summed E-state index contributed by atoms with van der Waals surface area (Å²) in [5, 5.41) is 1.76. The Labute approximate surface area is 195 Å². The highest BCUT2D eigenvalue weighted by molar-refractivity contribution is 6.47. The number of benzene rings is 2. The predicted octanol–water partition coefficient (Wildman–Crippen LogP) is 4.01. The van der Waals surface area contributed by atoms with Gasteiger partial charge in [-0.25, -0.2) is 9.59 Å². The number of cyclic esters (lactones) is 2. The number of aryl methyl sites for hydroxylation is 1. The first-order chi connectivity index (χ1) is 16.4. The Morgan fingerprint density at radius 1 is 0.971 bits per heavy atom. The lowest BCUT2D eigenvalue weighted by Gasteiger charge is -2.25. The van der Waals surface area contributed by atoms with Gasteiger partial charge in [-0.3, -0.25) is 4.79 Å². The van der Waals surface area contributed by atoms with Crippen LogP contribution in [0.2, 0.25) is 0 Å². The Morgan fingerprint density at radius 3 is 2.41 bits per heavy atom. The van der Waals surface area contributed by atoms with Crippen molar-refractivity contribution in [3.63, 3.8) is 0 Å². The lowest BCUT2D eigenvalue weighted by Crippen LogP contribution is -2.28. The van der Waals surface area contributed by atoms with Gasteiger partial charge in [-0.15, -0.1) is 0 Å². The smallest absolute Gasteiger partial charge is 0.347 e. The van der Waals surface area contributed by atoms with Crippen LogP contribution in [0.25, 0.3) is 33.0 Å². The van der Waals surface area contributed by atoms with Crippen LogP contribution in [0.4, 0.5) is 0 Å². The van der Waals surface area contributed by atoms with Crippen molar-refractivity contribution in [1.82, 2.24) is 9.13 Å². The van der Waals surface area contributed by atoms with Crippen LogP contribution in [0.1, 0.15) is 30.2 Å². The molecule has 0 aliphatic carbocycles. The Hall–Kier alpha value is -4.13. The zero-order chi connectivity index (χ0) is 23.6. The van der Waals surface area contributed by atoms with Crippen molar-refractivity contribution in [2.75, 3.05) is 0 Å². The third-order valence-corrected chi connectivity index (χ3v) is 6.76. The van der Waals surface area contributed by atoms with Gasteiger partial charge >= 0.3 is 17.9 Å². The number of para-hydroxylation sites is 2. The number of carbonyl (C=O) groups excluding carboxylic acids is 3. The second-order valence-corrected chi connectivity index (χ2v) is 8.82. The van der Waals surface area contributed by atoms with Crippen molar-refractivity contribution in [3.05, 3.63) is 71.5 Å². The van der Waals surface area contributed by atoms with Crippen LogP contribution in [0.3, 0.4) is 0 Å². The first-order valence-electron chi connectivity index (χ1n) is 11.3. The summed E-state index contributed by atoms with van der Waals surface area (Å²) in [7, 11) is 1.92. The van der Waals surface area contributed by atoms with E-state index in [1.165, 1.54) is 6.92 Å². The van der Waals surface area contributed by atoms with E-state index >= 15 is 0 Å². The van der Waals surface area contributed by atoms with Crippen LogP contribution < -0.4 is 0 Å². The Balaban J connectivity index is 1.63. The number of hydrogen-bond donors (Lipinski definition) is 0. The molecule has 170 valence electrons. The molecule has 0 fully saturated rings. The van der Waals surface area contributed by atoms with Crippen molar-refractivity contribution in [2.24, 2.45) is 7.05 Å². The third kappa shape index (κ3) is 2.93. The van der Waals surface area contributed by atoms with Gasteiger partial charge in [0.25, 0.3) is 0 Å². The van der Waals surface area contributed by atoms with Gasteiger partial charge < -0.3 is 18.6 Å². The summed E-state index contributed by atoms with van der Waals surface area (Å²) in [4.78, 5) is 37.8. The molecule has 2 aliphatic rings. The Kier molecular flexibility index (Phi) is 4.49. The standard InChI is InChI=1S/C27H22N2O5/c1-15(30)33-16-11-12-22-23(18-8-4-6-10-21(18)29(22)13-16)25-24(26(31)34-27(25)32)19-14-28(2)20-9-5-3-7-17(19)20/h3-10,14,16H,11-13H2,1-2H3. The molecule has 0 N–H and O–H groups in total. The monoisotopic (exact) mass is 454 g/mol. The Bertz CT molecular complexity index is 1570. The summed E-state index contributed by atoms with van der Waals surface area (Å²) < 4.78 is 14.7. The molecule has 4 heterocycles. The molecular weight excluding hydrogens is 432 g/mol. The van der Waals surface area contributed by atoms with E-state index in [9.17, 15) is 14.4 Å². The highest BCUT2D eigenvalue weighted by atomic mass is 16.6. The molecule has 2 aromatic carbocycles. The van der Waals surface area contributed by atoms with Crippen LogP contribution >= 0.6 is 0 Å². The average Bonchev–Trinajstić information content (AvgIpc) is 3.42. The highest BCUT2D eigenvalue weighted by Crippen LogP contribution is 2.43. The zero-order valence-electron chi connectivity index (χ0n) is 18.8. The topological polar surface area (TPSA) is 79.5 Å². The molecule has 7 nitrogen and oxygen atoms in total. The molecular formula is C27H22N2O5. The first-order valence-corrected chi connectivity index (χ1v) is 11.3. The maximum absolute atomic E-state index is 13.2. The van der Waals surface area contributed by atoms with Gasteiger partial charge in [-0.05, 0) is 25.0 Å². The molecule has 1 atom stereocenters. The van der Waals surface area contributed by atoms with E-state index in [-0.39, 0.29) is 12.1 Å². The predicted molar refractivity (Wildman–Crippen MR) is 127 cm³/mol. The molecule has 4 aromatic rings. The van der Waals surface area contributed by atoms with E-state index < -0.39 is 11.9 Å². The summed E-state index contributed by atoms with van der Waals surface area (Å²) in [6, 6.07) is 15.6.